The summed E-state index contributed by atoms with van der Waals surface area (Å²) in [5.41, 5.74) is 0.383. The van der Waals surface area contributed by atoms with Gasteiger partial charge >= 0.3 is 5.69 Å². The van der Waals surface area contributed by atoms with Gasteiger partial charge in [-0.2, -0.15) is 4.39 Å². The van der Waals surface area contributed by atoms with E-state index in [4.69, 9.17) is 0 Å². The second-order valence-corrected chi connectivity index (χ2v) is 7.88. The summed E-state index contributed by atoms with van der Waals surface area (Å²) in [4.78, 5) is 25.7. The van der Waals surface area contributed by atoms with Gasteiger partial charge in [0.1, 0.15) is 5.69 Å². The number of rotatable bonds is 5. The molecule has 3 aromatic rings. The molecule has 0 saturated carbocycles. The number of thiophene rings is 1. The zero-order chi connectivity index (χ0) is 21.1. The van der Waals surface area contributed by atoms with Crippen molar-refractivity contribution in [2.75, 3.05) is 23.3 Å². The molecule has 0 radical (unpaired) electrons. The summed E-state index contributed by atoms with van der Waals surface area (Å²) >= 11 is 1.61. The molecule has 1 fully saturated rings. The maximum Gasteiger partial charge on any atom is 0.306 e. The highest BCUT2D eigenvalue weighted by Crippen LogP contribution is 2.27. The highest BCUT2D eigenvalue weighted by atomic mass is 32.1. The number of carbonyl (C=O) groups excluding carboxylic acids is 1. The molecule has 1 aliphatic rings. The first-order chi connectivity index (χ1) is 14.5. The van der Waals surface area contributed by atoms with Gasteiger partial charge in [-0.25, -0.2) is 0 Å². The third kappa shape index (κ3) is 4.28. The Balaban J connectivity index is 1.34. The number of carbonyl (C=O) groups is 1. The lowest BCUT2D eigenvalue weighted by Crippen LogP contribution is -2.38. The molecule has 30 heavy (non-hydrogen) atoms. The van der Waals surface area contributed by atoms with E-state index >= 15 is 0 Å². The highest BCUT2D eigenvalue weighted by Gasteiger charge is 2.26. The van der Waals surface area contributed by atoms with Crippen LogP contribution in [0.4, 0.5) is 21.6 Å². The second kappa shape index (κ2) is 8.54. The summed E-state index contributed by atoms with van der Waals surface area (Å²) in [6, 6.07) is 11.2. The van der Waals surface area contributed by atoms with E-state index in [0.717, 1.165) is 28.5 Å². The van der Waals surface area contributed by atoms with Gasteiger partial charge in [-0.15, -0.1) is 21.5 Å². The number of anilines is 2. The van der Waals surface area contributed by atoms with Crippen molar-refractivity contribution in [2.24, 2.45) is 5.92 Å². The fraction of sp³-hybridized carbons (Fsp3) is 0.250. The summed E-state index contributed by atoms with van der Waals surface area (Å²) in [6.45, 7) is 1.30. The largest absolute Gasteiger partial charge is 0.355 e. The van der Waals surface area contributed by atoms with Gasteiger partial charge in [0, 0.05) is 30.8 Å². The Kier molecular flexibility index (Phi) is 5.66. The third-order valence-corrected chi connectivity index (χ3v) is 5.92. The molecule has 4 rings (SSSR count). The van der Waals surface area contributed by atoms with Crippen molar-refractivity contribution >= 4 is 34.4 Å². The lowest BCUT2D eigenvalue weighted by Gasteiger charge is -2.31. The standard InChI is InChI=1S/C20H18FN5O3S/c21-15-4-3-14(12-17(15)26(28)29)22-20(27)13-7-9-25(10-8-13)19-6-5-16(23-24-19)18-2-1-11-30-18/h1-6,11-13H,7-10H2,(H,22,27). The summed E-state index contributed by atoms with van der Waals surface area (Å²) in [6.07, 6.45) is 1.23. The van der Waals surface area contributed by atoms with Crippen LogP contribution < -0.4 is 10.2 Å². The number of benzene rings is 1. The third-order valence-electron chi connectivity index (χ3n) is 5.02. The fourth-order valence-electron chi connectivity index (χ4n) is 3.40. The Morgan fingerprint density at radius 3 is 2.63 bits per heavy atom. The molecular formula is C20H18FN5O3S. The number of halogens is 1. The van der Waals surface area contributed by atoms with Gasteiger partial charge in [-0.3, -0.25) is 14.9 Å². The van der Waals surface area contributed by atoms with E-state index in [1.54, 1.807) is 11.3 Å². The van der Waals surface area contributed by atoms with Crippen molar-refractivity contribution in [3.8, 4) is 10.6 Å². The molecule has 1 saturated heterocycles. The van der Waals surface area contributed by atoms with Gasteiger partial charge < -0.3 is 10.2 Å². The smallest absolute Gasteiger partial charge is 0.306 e. The van der Waals surface area contributed by atoms with E-state index in [1.807, 2.05) is 29.6 Å². The lowest BCUT2D eigenvalue weighted by molar-refractivity contribution is -0.387. The van der Waals surface area contributed by atoms with Crippen LogP contribution in [-0.2, 0) is 4.79 Å². The van der Waals surface area contributed by atoms with Crippen molar-refractivity contribution in [2.45, 2.75) is 12.8 Å². The summed E-state index contributed by atoms with van der Waals surface area (Å²) in [7, 11) is 0. The number of amides is 1. The van der Waals surface area contributed by atoms with Gasteiger partial charge in [0.2, 0.25) is 11.7 Å². The number of nitro benzene ring substituents is 1. The maximum atomic E-state index is 13.5. The molecule has 0 unspecified atom stereocenters. The van der Waals surface area contributed by atoms with Gasteiger partial charge in [0.25, 0.3) is 0 Å². The quantitative estimate of drug-likeness (QED) is 0.486. The molecule has 1 aliphatic heterocycles. The van der Waals surface area contributed by atoms with Gasteiger partial charge in [-0.05, 0) is 48.6 Å². The van der Waals surface area contributed by atoms with Crippen LogP contribution in [0.25, 0.3) is 10.6 Å². The minimum Gasteiger partial charge on any atom is -0.355 e. The van der Waals surface area contributed by atoms with E-state index in [2.05, 4.69) is 20.4 Å². The van der Waals surface area contributed by atoms with Crippen LogP contribution in [0.2, 0.25) is 0 Å². The summed E-state index contributed by atoms with van der Waals surface area (Å²) in [5, 5.41) is 24.1. The first kappa shape index (κ1) is 19.9. The molecule has 0 aliphatic carbocycles. The molecule has 1 aromatic carbocycles. The average molecular weight is 427 g/mol. The first-order valence-electron chi connectivity index (χ1n) is 9.38. The number of piperidine rings is 1. The molecule has 1 amide bonds. The maximum absolute atomic E-state index is 13.5. The van der Waals surface area contributed by atoms with Crippen molar-refractivity contribution in [1.82, 2.24) is 10.2 Å². The molecule has 154 valence electrons. The number of hydrogen-bond acceptors (Lipinski definition) is 7. The Morgan fingerprint density at radius 1 is 1.20 bits per heavy atom. The van der Waals surface area contributed by atoms with Crippen LogP contribution in [0, 0.1) is 21.8 Å². The lowest BCUT2D eigenvalue weighted by atomic mass is 9.95. The van der Waals surface area contributed by atoms with E-state index < -0.39 is 16.4 Å². The minimum absolute atomic E-state index is 0.213. The Morgan fingerprint density at radius 2 is 2.00 bits per heavy atom. The molecule has 0 atom stereocenters. The second-order valence-electron chi connectivity index (χ2n) is 6.93. The molecule has 10 heteroatoms. The highest BCUT2D eigenvalue weighted by molar-refractivity contribution is 7.13. The minimum atomic E-state index is -0.933. The van der Waals surface area contributed by atoms with Crippen molar-refractivity contribution in [1.29, 1.82) is 0 Å². The molecule has 0 bridgehead atoms. The monoisotopic (exact) mass is 427 g/mol. The van der Waals surface area contributed by atoms with Crippen LogP contribution >= 0.6 is 11.3 Å². The molecule has 8 nitrogen and oxygen atoms in total. The van der Waals surface area contributed by atoms with Crippen LogP contribution in [0.15, 0.2) is 47.8 Å². The molecular weight excluding hydrogens is 409 g/mol. The first-order valence-corrected chi connectivity index (χ1v) is 10.3. The van der Waals surface area contributed by atoms with Crippen molar-refractivity contribution in [3.05, 3.63) is 63.8 Å². The fourth-order valence-corrected chi connectivity index (χ4v) is 4.09. The Bertz CT molecular complexity index is 1050. The van der Waals surface area contributed by atoms with Gasteiger partial charge in [0.05, 0.1) is 9.80 Å². The summed E-state index contributed by atoms with van der Waals surface area (Å²) in [5.74, 6) is -0.626. The van der Waals surface area contributed by atoms with E-state index in [1.165, 1.54) is 6.07 Å². The van der Waals surface area contributed by atoms with Gasteiger partial charge in [-0.1, -0.05) is 6.07 Å². The predicted molar refractivity (Wildman–Crippen MR) is 112 cm³/mol. The van der Waals surface area contributed by atoms with Crippen LogP contribution in [-0.4, -0.2) is 34.1 Å². The van der Waals surface area contributed by atoms with E-state index in [0.29, 0.717) is 25.9 Å². The Hall–Kier alpha value is -3.40. The van der Waals surface area contributed by atoms with Crippen molar-refractivity contribution < 1.29 is 14.1 Å². The predicted octanol–water partition coefficient (Wildman–Crippen LogP) is 4.11. The summed E-state index contributed by atoms with van der Waals surface area (Å²) < 4.78 is 13.5. The van der Waals surface area contributed by atoms with E-state index in [-0.39, 0.29) is 17.5 Å². The number of nitrogens with one attached hydrogen (secondary N) is 1. The Labute approximate surface area is 175 Å². The number of nitrogens with zero attached hydrogens (tertiary/aromatic N) is 4. The number of hydrogen-bond donors (Lipinski definition) is 1. The molecule has 0 spiro atoms. The topological polar surface area (TPSA) is 101 Å². The van der Waals surface area contributed by atoms with Gasteiger partial charge in [0.15, 0.2) is 5.82 Å². The van der Waals surface area contributed by atoms with Crippen molar-refractivity contribution in [3.63, 3.8) is 0 Å². The normalized spacial score (nSPS) is 14.5. The zero-order valence-corrected chi connectivity index (χ0v) is 16.6. The SMILES string of the molecule is O=C(Nc1ccc(F)c([N+](=O)[O-])c1)C1CCN(c2ccc(-c3cccs3)nn2)CC1. The average Bonchev–Trinajstić information content (AvgIpc) is 3.30. The number of aromatic nitrogens is 2. The van der Waals surface area contributed by atoms with Crippen LogP contribution in [0.5, 0.6) is 0 Å². The number of nitro groups is 1. The van der Waals surface area contributed by atoms with Crippen LogP contribution in [0.3, 0.4) is 0 Å². The van der Waals surface area contributed by atoms with E-state index in [9.17, 15) is 19.3 Å². The molecule has 2 aromatic heterocycles. The van der Waals surface area contributed by atoms with Crippen LogP contribution in [0.1, 0.15) is 12.8 Å². The molecule has 1 N–H and O–H groups in total. The molecule has 3 heterocycles. The zero-order valence-electron chi connectivity index (χ0n) is 15.8.